The first-order valence-corrected chi connectivity index (χ1v) is 6.50. The zero-order chi connectivity index (χ0) is 16.2. The van der Waals surface area contributed by atoms with Crippen LogP contribution >= 0.6 is 0 Å². The summed E-state index contributed by atoms with van der Waals surface area (Å²) in [5, 5.41) is 2.48. The van der Waals surface area contributed by atoms with Gasteiger partial charge in [0.2, 0.25) is 0 Å². The van der Waals surface area contributed by atoms with Crippen LogP contribution in [0.1, 0.15) is 21.5 Å². The highest BCUT2D eigenvalue weighted by molar-refractivity contribution is 5.95. The van der Waals surface area contributed by atoms with Gasteiger partial charge in [0.05, 0.1) is 18.2 Å². The molecule has 0 atom stereocenters. The summed E-state index contributed by atoms with van der Waals surface area (Å²) in [7, 11) is 1.49. The van der Waals surface area contributed by atoms with E-state index in [0.29, 0.717) is 11.3 Å². The molecule has 0 bridgehead atoms. The fourth-order valence-electron chi connectivity index (χ4n) is 2.05. The van der Waals surface area contributed by atoms with E-state index in [1.807, 2.05) is 0 Å². The van der Waals surface area contributed by atoms with Gasteiger partial charge < -0.3 is 10.1 Å². The lowest BCUT2D eigenvalue weighted by Crippen LogP contribution is -2.26. The van der Waals surface area contributed by atoms with Crippen molar-refractivity contribution in [3.8, 4) is 5.75 Å². The molecule has 0 fully saturated rings. The molecule has 0 aliphatic carbocycles. The largest absolute Gasteiger partial charge is 0.496 e. The van der Waals surface area contributed by atoms with Crippen molar-refractivity contribution in [1.82, 2.24) is 5.32 Å². The van der Waals surface area contributed by atoms with Crippen LogP contribution in [0.3, 0.4) is 0 Å². The smallest absolute Gasteiger partial charge is 0.417 e. The van der Waals surface area contributed by atoms with Crippen LogP contribution in [0, 0.1) is 0 Å². The van der Waals surface area contributed by atoms with E-state index in [1.165, 1.54) is 19.2 Å². The van der Waals surface area contributed by atoms with Crippen molar-refractivity contribution < 1.29 is 22.7 Å². The van der Waals surface area contributed by atoms with Crippen LogP contribution in [0.15, 0.2) is 48.5 Å². The molecule has 2 rings (SSSR count). The molecule has 1 N–H and O–H groups in total. The van der Waals surface area contributed by atoms with Crippen LogP contribution < -0.4 is 10.1 Å². The molecule has 22 heavy (non-hydrogen) atoms. The summed E-state index contributed by atoms with van der Waals surface area (Å²) in [5.74, 6) is -0.217. The van der Waals surface area contributed by atoms with Crippen molar-refractivity contribution in [3.05, 3.63) is 65.2 Å². The van der Waals surface area contributed by atoms with Gasteiger partial charge in [-0.3, -0.25) is 4.79 Å². The molecular formula is C16H14F3NO2. The normalized spacial score (nSPS) is 11.1. The van der Waals surface area contributed by atoms with E-state index >= 15 is 0 Å². The number of carbonyl (C=O) groups is 1. The van der Waals surface area contributed by atoms with E-state index in [0.717, 1.165) is 12.1 Å². The fraction of sp³-hybridized carbons (Fsp3) is 0.188. The minimum Gasteiger partial charge on any atom is -0.496 e. The quantitative estimate of drug-likeness (QED) is 0.936. The molecule has 2 aromatic carbocycles. The summed E-state index contributed by atoms with van der Waals surface area (Å²) >= 11 is 0. The minimum absolute atomic E-state index is 0.0784. The molecule has 3 nitrogen and oxygen atoms in total. The lowest BCUT2D eigenvalue weighted by Gasteiger charge is -2.13. The summed E-state index contributed by atoms with van der Waals surface area (Å²) in [4.78, 5) is 12.0. The van der Waals surface area contributed by atoms with E-state index in [-0.39, 0.29) is 6.54 Å². The van der Waals surface area contributed by atoms with Crippen LogP contribution in [0.4, 0.5) is 13.2 Å². The maximum atomic E-state index is 12.9. The Balaban J connectivity index is 2.17. The number of carbonyl (C=O) groups excluding carboxylic acids is 1. The number of hydrogen-bond donors (Lipinski definition) is 1. The molecule has 0 aliphatic heterocycles. The van der Waals surface area contributed by atoms with E-state index in [4.69, 9.17) is 4.74 Å². The second-order valence-corrected chi connectivity index (χ2v) is 4.54. The third-order valence-electron chi connectivity index (χ3n) is 3.11. The van der Waals surface area contributed by atoms with Crippen LogP contribution in [-0.4, -0.2) is 13.0 Å². The predicted molar refractivity (Wildman–Crippen MR) is 75.6 cm³/mol. The summed E-state index contributed by atoms with van der Waals surface area (Å²) in [6.45, 7) is 0.0784. The number of hydrogen-bond acceptors (Lipinski definition) is 2. The third kappa shape index (κ3) is 3.58. The zero-order valence-electron chi connectivity index (χ0n) is 11.8. The van der Waals surface area contributed by atoms with Crippen molar-refractivity contribution in [2.75, 3.05) is 7.11 Å². The van der Waals surface area contributed by atoms with Gasteiger partial charge in [-0.15, -0.1) is 0 Å². The maximum absolute atomic E-state index is 12.9. The standard InChI is InChI=1S/C16H14F3NO2/c1-22-14-9-5-2-6-11(14)10-20-15(21)12-7-3-4-8-13(12)16(17,18)19/h2-9H,10H2,1H3,(H,20,21). The van der Waals surface area contributed by atoms with Gasteiger partial charge in [-0.25, -0.2) is 0 Å². The minimum atomic E-state index is -4.57. The van der Waals surface area contributed by atoms with Crippen LogP contribution in [0.2, 0.25) is 0 Å². The Labute approximate surface area is 125 Å². The molecular weight excluding hydrogens is 295 g/mol. The average molecular weight is 309 g/mol. The number of halogens is 3. The molecule has 0 spiro atoms. The average Bonchev–Trinajstić information content (AvgIpc) is 2.52. The van der Waals surface area contributed by atoms with Gasteiger partial charge >= 0.3 is 6.18 Å². The Morgan fingerprint density at radius 1 is 1.09 bits per heavy atom. The van der Waals surface area contributed by atoms with Gasteiger partial charge in [0, 0.05) is 12.1 Å². The summed E-state index contributed by atoms with van der Waals surface area (Å²) in [6.07, 6.45) is -4.57. The third-order valence-corrected chi connectivity index (χ3v) is 3.11. The first kappa shape index (κ1) is 15.9. The van der Waals surface area contributed by atoms with Gasteiger partial charge in [0.1, 0.15) is 5.75 Å². The Bertz CT molecular complexity index is 668. The number of methoxy groups -OCH3 is 1. The van der Waals surface area contributed by atoms with Gasteiger partial charge in [-0.2, -0.15) is 13.2 Å². The zero-order valence-corrected chi connectivity index (χ0v) is 11.8. The second-order valence-electron chi connectivity index (χ2n) is 4.54. The Hall–Kier alpha value is -2.50. The monoisotopic (exact) mass is 309 g/mol. The number of benzene rings is 2. The number of ether oxygens (including phenoxy) is 1. The van der Waals surface area contributed by atoms with Gasteiger partial charge in [0.15, 0.2) is 0 Å². The Kier molecular flexibility index (Phi) is 4.70. The van der Waals surface area contributed by atoms with Crippen molar-refractivity contribution in [2.45, 2.75) is 12.7 Å². The topological polar surface area (TPSA) is 38.3 Å². The van der Waals surface area contributed by atoms with E-state index in [9.17, 15) is 18.0 Å². The Morgan fingerprint density at radius 3 is 2.41 bits per heavy atom. The molecule has 1 amide bonds. The van der Waals surface area contributed by atoms with Crippen molar-refractivity contribution in [1.29, 1.82) is 0 Å². The van der Waals surface area contributed by atoms with Crippen molar-refractivity contribution in [2.24, 2.45) is 0 Å². The molecule has 116 valence electrons. The first-order chi connectivity index (χ1) is 10.4. The SMILES string of the molecule is COc1ccccc1CNC(=O)c1ccccc1C(F)(F)F. The summed E-state index contributed by atoms with van der Waals surface area (Å²) in [5.41, 5.74) is -0.666. The van der Waals surface area contributed by atoms with Gasteiger partial charge in [0.25, 0.3) is 5.91 Å². The Morgan fingerprint density at radius 2 is 1.73 bits per heavy atom. The first-order valence-electron chi connectivity index (χ1n) is 6.50. The number of nitrogens with one attached hydrogen (secondary N) is 1. The van der Waals surface area contributed by atoms with E-state index < -0.39 is 23.2 Å². The molecule has 0 saturated carbocycles. The fourth-order valence-corrected chi connectivity index (χ4v) is 2.05. The van der Waals surface area contributed by atoms with Gasteiger partial charge in [-0.05, 0) is 18.2 Å². The molecule has 0 heterocycles. The molecule has 6 heteroatoms. The second kappa shape index (κ2) is 6.51. The molecule has 0 saturated heterocycles. The number of alkyl halides is 3. The maximum Gasteiger partial charge on any atom is 0.417 e. The molecule has 0 unspecified atom stereocenters. The number of rotatable bonds is 4. The lowest BCUT2D eigenvalue weighted by molar-refractivity contribution is -0.137. The van der Waals surface area contributed by atoms with E-state index in [2.05, 4.69) is 5.32 Å². The number of amides is 1. The molecule has 0 aliphatic rings. The number of para-hydroxylation sites is 1. The molecule has 0 radical (unpaired) electrons. The highest BCUT2D eigenvalue weighted by Gasteiger charge is 2.34. The lowest BCUT2D eigenvalue weighted by atomic mass is 10.1. The predicted octanol–water partition coefficient (Wildman–Crippen LogP) is 3.64. The summed E-state index contributed by atoms with van der Waals surface area (Å²) < 4.78 is 43.8. The van der Waals surface area contributed by atoms with Crippen LogP contribution in [0.25, 0.3) is 0 Å². The van der Waals surface area contributed by atoms with E-state index in [1.54, 1.807) is 24.3 Å². The molecule has 0 aromatic heterocycles. The summed E-state index contributed by atoms with van der Waals surface area (Å²) in [6, 6.07) is 11.7. The van der Waals surface area contributed by atoms with Crippen molar-refractivity contribution >= 4 is 5.91 Å². The van der Waals surface area contributed by atoms with Gasteiger partial charge in [-0.1, -0.05) is 30.3 Å². The highest BCUT2D eigenvalue weighted by atomic mass is 19.4. The van der Waals surface area contributed by atoms with Crippen LogP contribution in [-0.2, 0) is 12.7 Å². The highest BCUT2D eigenvalue weighted by Crippen LogP contribution is 2.31. The molecule has 2 aromatic rings. The van der Waals surface area contributed by atoms with Crippen molar-refractivity contribution in [3.63, 3.8) is 0 Å². The van der Waals surface area contributed by atoms with Crippen LogP contribution in [0.5, 0.6) is 5.75 Å².